The van der Waals surface area contributed by atoms with Crippen LogP contribution in [0, 0.1) is 3.57 Å². The van der Waals surface area contributed by atoms with Crippen LogP contribution in [-0.4, -0.2) is 12.1 Å². The number of pyridine rings is 1. The number of aromatic nitrogens is 1. The number of hydrazine groups is 1. The van der Waals surface area contributed by atoms with Gasteiger partial charge in [-0.25, -0.2) is 4.98 Å². The molecule has 0 amide bonds. The second kappa shape index (κ2) is 6.83. The van der Waals surface area contributed by atoms with Gasteiger partial charge in [0.2, 0.25) is 5.88 Å². The fourth-order valence-electron chi connectivity index (χ4n) is 1.95. The van der Waals surface area contributed by atoms with Crippen LogP contribution in [0.5, 0.6) is 5.88 Å². The lowest BCUT2D eigenvalue weighted by Crippen LogP contribution is -2.30. The molecule has 0 saturated heterocycles. The molecular formula is C14H16IN3O. The highest BCUT2D eigenvalue weighted by atomic mass is 127. The Bertz CT molecular complexity index is 530. The molecule has 0 radical (unpaired) electrons. The molecule has 2 rings (SSSR count). The number of nitrogens with zero attached hydrogens (tertiary/aromatic N) is 1. The van der Waals surface area contributed by atoms with Gasteiger partial charge in [0.1, 0.15) is 0 Å². The Morgan fingerprint density at radius 3 is 2.68 bits per heavy atom. The van der Waals surface area contributed by atoms with Crippen molar-refractivity contribution >= 4 is 22.6 Å². The molecule has 5 heteroatoms. The smallest absolute Gasteiger partial charge is 0.217 e. The number of rotatable bonds is 5. The van der Waals surface area contributed by atoms with Crippen molar-refractivity contribution in [2.75, 3.05) is 7.11 Å². The van der Waals surface area contributed by atoms with E-state index in [4.69, 9.17) is 10.6 Å². The third-order valence-corrected chi connectivity index (χ3v) is 3.64. The molecule has 19 heavy (non-hydrogen) atoms. The van der Waals surface area contributed by atoms with Gasteiger partial charge in [-0.3, -0.25) is 11.3 Å². The summed E-state index contributed by atoms with van der Waals surface area (Å²) in [5.74, 6) is 6.28. The summed E-state index contributed by atoms with van der Waals surface area (Å²) in [4.78, 5) is 4.20. The molecule has 1 unspecified atom stereocenters. The SMILES string of the molecule is COc1ncccc1C(Cc1ccc(I)cc1)NN. The fraction of sp³-hybridized carbons (Fsp3) is 0.214. The molecule has 0 saturated carbocycles. The Hall–Kier alpha value is -1.18. The fourth-order valence-corrected chi connectivity index (χ4v) is 2.31. The summed E-state index contributed by atoms with van der Waals surface area (Å²) in [6, 6.07) is 12.2. The summed E-state index contributed by atoms with van der Waals surface area (Å²) in [5.41, 5.74) is 5.02. The second-order valence-electron chi connectivity index (χ2n) is 4.15. The summed E-state index contributed by atoms with van der Waals surface area (Å²) in [7, 11) is 1.62. The highest BCUT2D eigenvalue weighted by Gasteiger charge is 2.15. The standard InChI is InChI=1S/C14H16IN3O/c1-19-14-12(3-2-8-17-14)13(18-16)9-10-4-6-11(15)7-5-10/h2-8,13,18H,9,16H2,1H3. The first-order valence-corrected chi connectivity index (χ1v) is 7.02. The topological polar surface area (TPSA) is 60.2 Å². The quantitative estimate of drug-likeness (QED) is 0.483. The molecule has 1 aromatic heterocycles. The molecule has 0 aliphatic heterocycles. The number of halogens is 1. The molecule has 2 aromatic rings. The maximum Gasteiger partial charge on any atom is 0.217 e. The molecule has 0 bridgehead atoms. The molecule has 0 aliphatic rings. The van der Waals surface area contributed by atoms with Crippen molar-refractivity contribution in [1.29, 1.82) is 0 Å². The number of methoxy groups -OCH3 is 1. The maximum absolute atomic E-state index is 5.67. The van der Waals surface area contributed by atoms with E-state index < -0.39 is 0 Å². The highest BCUT2D eigenvalue weighted by molar-refractivity contribution is 14.1. The molecule has 1 heterocycles. The maximum atomic E-state index is 5.67. The monoisotopic (exact) mass is 369 g/mol. The Balaban J connectivity index is 2.22. The van der Waals surface area contributed by atoms with Crippen LogP contribution >= 0.6 is 22.6 Å². The van der Waals surface area contributed by atoms with Crippen molar-refractivity contribution in [1.82, 2.24) is 10.4 Å². The van der Waals surface area contributed by atoms with E-state index >= 15 is 0 Å². The predicted molar refractivity (Wildman–Crippen MR) is 83.7 cm³/mol. The first-order valence-electron chi connectivity index (χ1n) is 5.94. The number of nitrogens with two attached hydrogens (primary N) is 1. The van der Waals surface area contributed by atoms with Crippen LogP contribution in [0.4, 0.5) is 0 Å². The van der Waals surface area contributed by atoms with Crippen LogP contribution in [0.25, 0.3) is 0 Å². The lowest BCUT2D eigenvalue weighted by molar-refractivity contribution is 0.382. The van der Waals surface area contributed by atoms with E-state index in [2.05, 4.69) is 57.3 Å². The zero-order valence-electron chi connectivity index (χ0n) is 10.6. The van der Waals surface area contributed by atoms with Crippen LogP contribution in [-0.2, 0) is 6.42 Å². The largest absolute Gasteiger partial charge is 0.481 e. The van der Waals surface area contributed by atoms with Gasteiger partial charge in [0.15, 0.2) is 0 Å². The molecule has 4 nitrogen and oxygen atoms in total. The Morgan fingerprint density at radius 1 is 1.32 bits per heavy atom. The van der Waals surface area contributed by atoms with Crippen molar-refractivity contribution in [3.8, 4) is 5.88 Å². The van der Waals surface area contributed by atoms with Crippen LogP contribution in [0.15, 0.2) is 42.6 Å². The normalized spacial score (nSPS) is 12.2. The van der Waals surface area contributed by atoms with Gasteiger partial charge in [-0.1, -0.05) is 18.2 Å². The minimum atomic E-state index is -0.0243. The van der Waals surface area contributed by atoms with Crippen molar-refractivity contribution < 1.29 is 4.74 Å². The van der Waals surface area contributed by atoms with Crippen LogP contribution in [0.2, 0.25) is 0 Å². The molecule has 1 aromatic carbocycles. The Morgan fingerprint density at radius 2 is 2.05 bits per heavy atom. The van der Waals surface area contributed by atoms with Crippen LogP contribution in [0.3, 0.4) is 0 Å². The van der Waals surface area contributed by atoms with Crippen molar-refractivity contribution in [2.45, 2.75) is 12.5 Å². The van der Waals surface area contributed by atoms with E-state index in [-0.39, 0.29) is 6.04 Å². The average molecular weight is 369 g/mol. The van der Waals surface area contributed by atoms with Gasteiger partial charge in [-0.05, 0) is 52.8 Å². The van der Waals surface area contributed by atoms with E-state index in [1.807, 2.05) is 12.1 Å². The summed E-state index contributed by atoms with van der Waals surface area (Å²) in [6.45, 7) is 0. The highest BCUT2D eigenvalue weighted by Crippen LogP contribution is 2.25. The minimum Gasteiger partial charge on any atom is -0.481 e. The summed E-state index contributed by atoms with van der Waals surface area (Å²) in [6.07, 6.45) is 2.50. The first-order chi connectivity index (χ1) is 9.24. The van der Waals surface area contributed by atoms with Gasteiger partial charge in [0.25, 0.3) is 0 Å². The van der Waals surface area contributed by atoms with Gasteiger partial charge in [-0.15, -0.1) is 0 Å². The van der Waals surface area contributed by atoms with Crippen molar-refractivity contribution in [3.63, 3.8) is 0 Å². The third kappa shape index (κ3) is 3.65. The zero-order chi connectivity index (χ0) is 13.7. The Kier molecular flexibility index (Phi) is 5.12. The summed E-state index contributed by atoms with van der Waals surface area (Å²) >= 11 is 2.29. The van der Waals surface area contributed by atoms with Gasteiger partial charge >= 0.3 is 0 Å². The van der Waals surface area contributed by atoms with Gasteiger partial charge in [0.05, 0.1) is 13.2 Å². The third-order valence-electron chi connectivity index (χ3n) is 2.92. The molecular weight excluding hydrogens is 353 g/mol. The van der Waals surface area contributed by atoms with E-state index in [1.54, 1.807) is 13.3 Å². The number of hydrogen-bond acceptors (Lipinski definition) is 4. The van der Waals surface area contributed by atoms with Gasteiger partial charge in [-0.2, -0.15) is 0 Å². The number of nitrogens with one attached hydrogen (secondary N) is 1. The first kappa shape index (κ1) is 14.2. The second-order valence-corrected chi connectivity index (χ2v) is 5.40. The van der Waals surface area contributed by atoms with E-state index in [1.165, 1.54) is 9.13 Å². The molecule has 0 spiro atoms. The zero-order valence-corrected chi connectivity index (χ0v) is 12.8. The van der Waals surface area contributed by atoms with Crippen LogP contribution < -0.4 is 16.0 Å². The van der Waals surface area contributed by atoms with Crippen molar-refractivity contribution in [2.24, 2.45) is 5.84 Å². The molecule has 0 fully saturated rings. The average Bonchev–Trinajstić information content (AvgIpc) is 2.46. The number of hydrogen-bond donors (Lipinski definition) is 2. The van der Waals surface area contributed by atoms with Crippen LogP contribution in [0.1, 0.15) is 17.2 Å². The van der Waals surface area contributed by atoms with Crippen molar-refractivity contribution in [3.05, 3.63) is 57.3 Å². The lowest BCUT2D eigenvalue weighted by Gasteiger charge is -2.18. The number of ether oxygens (including phenoxy) is 1. The molecule has 100 valence electrons. The minimum absolute atomic E-state index is 0.0243. The summed E-state index contributed by atoms with van der Waals surface area (Å²) in [5, 5.41) is 0. The van der Waals surface area contributed by atoms with E-state index in [9.17, 15) is 0 Å². The van der Waals surface area contributed by atoms with E-state index in [0.717, 1.165) is 12.0 Å². The lowest BCUT2D eigenvalue weighted by atomic mass is 10.0. The number of benzene rings is 1. The summed E-state index contributed by atoms with van der Waals surface area (Å²) < 4.78 is 6.50. The van der Waals surface area contributed by atoms with Gasteiger partial charge in [0, 0.05) is 15.3 Å². The molecule has 1 atom stereocenters. The van der Waals surface area contributed by atoms with E-state index in [0.29, 0.717) is 5.88 Å². The predicted octanol–water partition coefficient (Wildman–Crippen LogP) is 2.44. The molecule has 3 N–H and O–H groups in total. The molecule has 0 aliphatic carbocycles. The Labute approximate surface area is 126 Å². The van der Waals surface area contributed by atoms with Gasteiger partial charge < -0.3 is 4.74 Å².